The van der Waals surface area contributed by atoms with Crippen molar-refractivity contribution in [3.8, 4) is 12.3 Å². The molecule has 2 aromatic rings. The lowest BCUT2D eigenvalue weighted by Gasteiger charge is -2.07. The van der Waals surface area contributed by atoms with E-state index in [-0.39, 0.29) is 28.5 Å². The van der Waals surface area contributed by atoms with Gasteiger partial charge in [-0.15, -0.1) is 6.42 Å². The number of rotatable bonds is 8. The standard InChI is InChI=1S/C20H20N2O6S/c1-5-10-21-29(26,27)16-8-6-15(7-9-16)20(25)28-11-17(24)19-12(2)18(14(4)23)13(3)22-19/h1,6-9,21-22H,10-11H2,2-4H3. The van der Waals surface area contributed by atoms with Gasteiger partial charge in [-0.3, -0.25) is 9.59 Å². The van der Waals surface area contributed by atoms with Crippen molar-refractivity contribution in [2.24, 2.45) is 0 Å². The molecular formula is C20H20N2O6S. The minimum Gasteiger partial charge on any atom is -0.454 e. The third kappa shape index (κ3) is 4.99. The summed E-state index contributed by atoms with van der Waals surface area (Å²) >= 11 is 0. The third-order valence-electron chi connectivity index (χ3n) is 4.17. The summed E-state index contributed by atoms with van der Waals surface area (Å²) < 4.78 is 31.1. The number of hydrogen-bond donors (Lipinski definition) is 2. The van der Waals surface area contributed by atoms with Gasteiger partial charge >= 0.3 is 5.97 Å². The van der Waals surface area contributed by atoms with Crippen LogP contribution in [0, 0.1) is 26.2 Å². The summed E-state index contributed by atoms with van der Waals surface area (Å²) in [7, 11) is -3.77. The number of Topliss-reactive ketones (excluding diaryl/α,β-unsaturated/α-hetero) is 2. The van der Waals surface area contributed by atoms with Crippen molar-refractivity contribution in [2.45, 2.75) is 25.7 Å². The van der Waals surface area contributed by atoms with E-state index in [4.69, 9.17) is 11.2 Å². The van der Waals surface area contributed by atoms with Crippen LogP contribution in [0.25, 0.3) is 0 Å². The summed E-state index contributed by atoms with van der Waals surface area (Å²) in [5.74, 6) is 0.726. The zero-order chi connectivity index (χ0) is 21.8. The summed E-state index contributed by atoms with van der Waals surface area (Å²) in [5, 5.41) is 0. The van der Waals surface area contributed by atoms with E-state index in [0.717, 1.165) is 0 Å². The number of aromatic nitrogens is 1. The molecule has 8 nitrogen and oxygen atoms in total. The number of esters is 1. The van der Waals surface area contributed by atoms with Crippen LogP contribution in [0.5, 0.6) is 0 Å². The topological polar surface area (TPSA) is 122 Å². The molecule has 152 valence electrons. The molecule has 0 amide bonds. The number of sulfonamides is 1. The van der Waals surface area contributed by atoms with Crippen LogP contribution >= 0.6 is 0 Å². The van der Waals surface area contributed by atoms with E-state index in [1.165, 1.54) is 31.2 Å². The number of hydrogen-bond acceptors (Lipinski definition) is 6. The summed E-state index contributed by atoms with van der Waals surface area (Å²) in [6.07, 6.45) is 5.03. The molecule has 0 aliphatic rings. The van der Waals surface area contributed by atoms with Gasteiger partial charge in [0, 0.05) is 11.3 Å². The average Bonchev–Trinajstić information content (AvgIpc) is 2.98. The van der Waals surface area contributed by atoms with Crippen molar-refractivity contribution >= 4 is 27.6 Å². The number of carbonyl (C=O) groups excluding carboxylic acids is 3. The van der Waals surface area contributed by atoms with Crippen LogP contribution in [0.1, 0.15) is 49.4 Å². The quantitative estimate of drug-likeness (QED) is 0.384. The van der Waals surface area contributed by atoms with Crippen molar-refractivity contribution in [1.29, 1.82) is 0 Å². The van der Waals surface area contributed by atoms with E-state index >= 15 is 0 Å². The van der Waals surface area contributed by atoms with Crippen LogP contribution in [0.3, 0.4) is 0 Å². The van der Waals surface area contributed by atoms with E-state index in [2.05, 4.69) is 15.6 Å². The second kappa shape index (κ2) is 8.86. The molecule has 2 rings (SSSR count). The Balaban J connectivity index is 2.06. The molecule has 29 heavy (non-hydrogen) atoms. The van der Waals surface area contributed by atoms with Crippen molar-refractivity contribution in [3.63, 3.8) is 0 Å². The van der Waals surface area contributed by atoms with Gasteiger partial charge in [0.25, 0.3) is 0 Å². The molecule has 0 bridgehead atoms. The summed E-state index contributed by atoms with van der Waals surface area (Å²) in [5.41, 5.74) is 1.80. The zero-order valence-electron chi connectivity index (χ0n) is 16.2. The van der Waals surface area contributed by atoms with E-state index in [0.29, 0.717) is 16.8 Å². The molecule has 0 fully saturated rings. The number of nitrogens with one attached hydrogen (secondary N) is 2. The van der Waals surface area contributed by atoms with Crippen molar-refractivity contribution in [2.75, 3.05) is 13.2 Å². The van der Waals surface area contributed by atoms with E-state index < -0.39 is 28.4 Å². The van der Waals surface area contributed by atoms with Crippen LogP contribution in [-0.4, -0.2) is 44.1 Å². The van der Waals surface area contributed by atoms with E-state index in [1.807, 2.05) is 0 Å². The molecule has 0 aliphatic heterocycles. The maximum Gasteiger partial charge on any atom is 0.338 e. The number of H-pyrrole nitrogens is 1. The number of ketones is 2. The summed E-state index contributed by atoms with van der Waals surface area (Å²) in [6, 6.07) is 5.01. The highest BCUT2D eigenvalue weighted by molar-refractivity contribution is 7.89. The Labute approximate surface area is 168 Å². The molecule has 0 unspecified atom stereocenters. The van der Waals surface area contributed by atoms with Gasteiger partial charge in [-0.05, 0) is 50.6 Å². The molecule has 0 aliphatic carbocycles. The van der Waals surface area contributed by atoms with Gasteiger partial charge in [-0.2, -0.15) is 4.72 Å². The van der Waals surface area contributed by atoms with Crippen LogP contribution < -0.4 is 4.72 Å². The number of terminal acetylenes is 1. The summed E-state index contributed by atoms with van der Waals surface area (Å²) in [4.78, 5) is 38.9. The highest BCUT2D eigenvalue weighted by atomic mass is 32.2. The molecule has 2 N–H and O–H groups in total. The number of carbonyl (C=O) groups is 3. The fraction of sp³-hybridized carbons (Fsp3) is 0.250. The molecule has 1 aromatic carbocycles. The summed E-state index contributed by atoms with van der Waals surface area (Å²) in [6.45, 7) is 4.05. The van der Waals surface area contributed by atoms with Gasteiger partial charge in [0.05, 0.1) is 22.7 Å². The molecular weight excluding hydrogens is 396 g/mol. The Kier molecular flexibility index (Phi) is 6.74. The number of benzene rings is 1. The maximum absolute atomic E-state index is 12.4. The van der Waals surface area contributed by atoms with Gasteiger partial charge in [-0.25, -0.2) is 13.2 Å². The smallest absolute Gasteiger partial charge is 0.338 e. The van der Waals surface area contributed by atoms with Crippen LogP contribution in [0.2, 0.25) is 0 Å². The molecule has 0 saturated heterocycles. The van der Waals surface area contributed by atoms with Crippen molar-refractivity contribution in [3.05, 3.63) is 52.3 Å². The lowest BCUT2D eigenvalue weighted by molar-refractivity contribution is 0.0473. The van der Waals surface area contributed by atoms with Crippen LogP contribution in [-0.2, 0) is 14.8 Å². The van der Waals surface area contributed by atoms with Crippen molar-refractivity contribution in [1.82, 2.24) is 9.71 Å². The molecule has 0 spiro atoms. The SMILES string of the molecule is C#CCNS(=O)(=O)c1ccc(C(=O)OCC(=O)c2[nH]c(C)c(C(C)=O)c2C)cc1. The molecule has 1 aromatic heterocycles. The predicted molar refractivity (Wildman–Crippen MR) is 105 cm³/mol. The van der Waals surface area contributed by atoms with Crippen LogP contribution in [0.15, 0.2) is 29.2 Å². The van der Waals surface area contributed by atoms with Crippen molar-refractivity contribution < 1.29 is 27.5 Å². The van der Waals surface area contributed by atoms with Gasteiger partial charge in [0.15, 0.2) is 12.4 Å². The molecule has 0 radical (unpaired) electrons. The van der Waals surface area contributed by atoms with Gasteiger partial charge in [0.2, 0.25) is 15.8 Å². The lowest BCUT2D eigenvalue weighted by atomic mass is 10.1. The second-order valence-electron chi connectivity index (χ2n) is 6.23. The number of ether oxygens (including phenoxy) is 1. The van der Waals surface area contributed by atoms with Gasteiger partial charge in [0.1, 0.15) is 0 Å². The first-order chi connectivity index (χ1) is 13.6. The Morgan fingerprint density at radius 3 is 2.31 bits per heavy atom. The van der Waals surface area contributed by atoms with E-state index in [1.54, 1.807) is 13.8 Å². The lowest BCUT2D eigenvalue weighted by Crippen LogP contribution is -2.24. The Hall–Kier alpha value is -3.22. The zero-order valence-corrected chi connectivity index (χ0v) is 17.0. The Morgan fingerprint density at radius 1 is 1.17 bits per heavy atom. The maximum atomic E-state index is 12.4. The molecule has 0 atom stereocenters. The highest BCUT2D eigenvalue weighted by Crippen LogP contribution is 2.19. The first-order valence-corrected chi connectivity index (χ1v) is 10.0. The second-order valence-corrected chi connectivity index (χ2v) is 8.00. The average molecular weight is 416 g/mol. The first kappa shape index (κ1) is 22.1. The fourth-order valence-electron chi connectivity index (χ4n) is 2.83. The number of aryl methyl sites for hydroxylation is 1. The van der Waals surface area contributed by atoms with Crippen LogP contribution in [0.4, 0.5) is 0 Å². The third-order valence-corrected chi connectivity index (χ3v) is 5.58. The largest absolute Gasteiger partial charge is 0.454 e. The Morgan fingerprint density at radius 2 is 1.79 bits per heavy atom. The molecule has 9 heteroatoms. The van der Waals surface area contributed by atoms with Gasteiger partial charge in [-0.1, -0.05) is 5.92 Å². The number of aromatic amines is 1. The predicted octanol–water partition coefficient (Wildman–Crippen LogP) is 1.79. The minimum absolute atomic E-state index is 0.0605. The van der Waals surface area contributed by atoms with E-state index in [9.17, 15) is 22.8 Å². The first-order valence-electron chi connectivity index (χ1n) is 8.52. The molecule has 1 heterocycles. The van der Waals surface area contributed by atoms with Gasteiger partial charge < -0.3 is 9.72 Å². The monoisotopic (exact) mass is 416 g/mol. The normalized spacial score (nSPS) is 11.0. The highest BCUT2D eigenvalue weighted by Gasteiger charge is 2.21. The minimum atomic E-state index is -3.77. The molecule has 0 saturated carbocycles. The fourth-order valence-corrected chi connectivity index (χ4v) is 3.77. The Bertz CT molecular complexity index is 1110.